The van der Waals surface area contributed by atoms with E-state index in [1.807, 2.05) is 0 Å². The number of benzene rings is 1. The van der Waals surface area contributed by atoms with Crippen LogP contribution in [0.2, 0.25) is 0 Å². The minimum absolute atomic E-state index is 0.0403. The molecule has 9 heteroatoms. The third-order valence-corrected chi connectivity index (χ3v) is 4.12. The fourth-order valence-corrected chi connectivity index (χ4v) is 2.90. The molecule has 1 amide bonds. The van der Waals surface area contributed by atoms with Crippen LogP contribution >= 0.6 is 11.3 Å². The first-order valence-corrected chi connectivity index (χ1v) is 8.08. The van der Waals surface area contributed by atoms with Crippen LogP contribution in [-0.4, -0.2) is 31.2 Å². The molecule has 0 aliphatic rings. The summed E-state index contributed by atoms with van der Waals surface area (Å²) in [6.45, 7) is 5.58. The van der Waals surface area contributed by atoms with Gasteiger partial charge in [-0.3, -0.25) is 10.1 Å². The van der Waals surface area contributed by atoms with Crippen LogP contribution in [0.5, 0.6) is 0 Å². The van der Waals surface area contributed by atoms with Crippen molar-refractivity contribution in [3.05, 3.63) is 35.4 Å². The molecule has 25 heavy (non-hydrogen) atoms. The number of aromatic nitrogens is 1. The number of carbonyl (C=O) groups excluding carboxylic acids is 1. The fourth-order valence-electron chi connectivity index (χ4n) is 1.95. The Morgan fingerprint density at radius 1 is 1.36 bits per heavy atom. The Hall–Kier alpha value is -1.97. The summed E-state index contributed by atoms with van der Waals surface area (Å²) in [7, 11) is 1.50. The summed E-state index contributed by atoms with van der Waals surface area (Å²) < 4.78 is 49.8. The minimum atomic E-state index is -4.49. The van der Waals surface area contributed by atoms with Crippen molar-refractivity contribution in [2.24, 2.45) is 0 Å². The van der Waals surface area contributed by atoms with Gasteiger partial charge in [-0.2, -0.15) is 13.2 Å². The van der Waals surface area contributed by atoms with Crippen molar-refractivity contribution in [3.63, 3.8) is 0 Å². The van der Waals surface area contributed by atoms with Gasteiger partial charge in [-0.15, -0.1) is 0 Å². The lowest BCUT2D eigenvalue weighted by atomic mass is 10.1. The maximum absolute atomic E-state index is 13.1. The van der Waals surface area contributed by atoms with Gasteiger partial charge in [0.2, 0.25) is 0 Å². The Labute approximate surface area is 146 Å². The number of hydrogen-bond donors (Lipinski definition) is 1. The molecule has 0 aliphatic carbocycles. The molecule has 1 heterocycles. The number of fused-ring (bicyclic) bond motifs is 1. The van der Waals surface area contributed by atoms with Gasteiger partial charge in [0.1, 0.15) is 0 Å². The minimum Gasteiger partial charge on any atom is -0.382 e. The van der Waals surface area contributed by atoms with Crippen LogP contribution in [0.3, 0.4) is 0 Å². The Kier molecular flexibility index (Phi) is 6.15. The predicted molar refractivity (Wildman–Crippen MR) is 89.6 cm³/mol. The highest BCUT2D eigenvalue weighted by Gasteiger charge is 2.32. The molecule has 0 unspecified atom stereocenters. The molecule has 0 saturated heterocycles. The zero-order valence-electron chi connectivity index (χ0n) is 13.7. The predicted octanol–water partition coefficient (Wildman–Crippen LogP) is 3.99. The molecule has 136 valence electrons. The Morgan fingerprint density at radius 2 is 2.08 bits per heavy atom. The van der Waals surface area contributed by atoms with Crippen LogP contribution in [0.1, 0.15) is 18.1 Å². The monoisotopic (exact) mass is 374 g/mol. The summed E-state index contributed by atoms with van der Waals surface area (Å²) in [5, 5.41) is 2.73. The van der Waals surface area contributed by atoms with Crippen molar-refractivity contribution >= 4 is 32.6 Å². The Balaban J connectivity index is 2.38. The van der Waals surface area contributed by atoms with Gasteiger partial charge in [-0.25, -0.2) is 4.98 Å². The summed E-state index contributed by atoms with van der Waals surface area (Å²) in [6, 6.07) is 2.03. The van der Waals surface area contributed by atoms with Crippen molar-refractivity contribution < 1.29 is 27.4 Å². The highest BCUT2D eigenvalue weighted by molar-refractivity contribution is 7.22. The van der Waals surface area contributed by atoms with E-state index in [1.165, 1.54) is 14.0 Å². The number of nitrogens with one attached hydrogen (secondary N) is 1. The van der Waals surface area contributed by atoms with E-state index in [4.69, 9.17) is 9.47 Å². The van der Waals surface area contributed by atoms with Gasteiger partial charge in [-0.05, 0) is 19.1 Å². The second-order valence-corrected chi connectivity index (χ2v) is 6.31. The number of hydrogen-bond acceptors (Lipinski definition) is 5. The molecular formula is C16H17F3N2O3S. The van der Waals surface area contributed by atoms with Crippen LogP contribution < -0.4 is 5.32 Å². The smallest absolute Gasteiger partial charge is 0.382 e. The van der Waals surface area contributed by atoms with Crippen LogP contribution in [0.4, 0.5) is 18.3 Å². The van der Waals surface area contributed by atoms with Gasteiger partial charge < -0.3 is 9.47 Å². The van der Waals surface area contributed by atoms with E-state index in [0.29, 0.717) is 22.4 Å². The van der Waals surface area contributed by atoms with E-state index in [-0.39, 0.29) is 23.9 Å². The van der Waals surface area contributed by atoms with Gasteiger partial charge in [0.05, 0.1) is 35.6 Å². The zero-order chi connectivity index (χ0) is 18.6. The second-order valence-electron chi connectivity index (χ2n) is 5.28. The van der Waals surface area contributed by atoms with Crippen LogP contribution in [-0.2, 0) is 27.1 Å². The lowest BCUT2D eigenvalue weighted by Crippen LogP contribution is -2.11. The second kappa shape index (κ2) is 7.94. The topological polar surface area (TPSA) is 60.5 Å². The first kappa shape index (κ1) is 19.4. The first-order chi connectivity index (χ1) is 11.7. The number of ether oxygens (including phenoxy) is 2. The molecule has 0 bridgehead atoms. The first-order valence-electron chi connectivity index (χ1n) is 7.26. The van der Waals surface area contributed by atoms with E-state index < -0.39 is 17.6 Å². The SMILES string of the molecule is C=C(C)C(=O)Nc1nc2c(COCCOC)cc(C(F)(F)F)cc2s1. The van der Waals surface area contributed by atoms with Crippen molar-refractivity contribution in [1.82, 2.24) is 4.98 Å². The highest BCUT2D eigenvalue weighted by Crippen LogP contribution is 2.36. The van der Waals surface area contributed by atoms with Crippen LogP contribution in [0, 0.1) is 0 Å². The number of halogens is 3. The number of thiazole rings is 1. The molecular weight excluding hydrogens is 357 g/mol. The average molecular weight is 374 g/mol. The molecule has 5 nitrogen and oxygen atoms in total. The molecule has 2 rings (SSSR count). The molecule has 0 saturated carbocycles. The molecule has 2 aromatic rings. The lowest BCUT2D eigenvalue weighted by molar-refractivity contribution is -0.137. The number of nitrogens with zero attached hydrogens (tertiary/aromatic N) is 1. The average Bonchev–Trinajstić information content (AvgIpc) is 2.92. The number of rotatable bonds is 7. The van der Waals surface area contributed by atoms with E-state index in [0.717, 1.165) is 23.5 Å². The molecule has 0 atom stereocenters. The summed E-state index contributed by atoms with van der Waals surface area (Å²) in [6.07, 6.45) is -4.49. The highest BCUT2D eigenvalue weighted by atomic mass is 32.1. The molecule has 0 fully saturated rings. The number of anilines is 1. The third-order valence-electron chi connectivity index (χ3n) is 3.20. The van der Waals surface area contributed by atoms with Crippen LogP contribution in [0.15, 0.2) is 24.3 Å². The maximum Gasteiger partial charge on any atom is 0.416 e. The number of amides is 1. The normalized spacial score (nSPS) is 11.7. The standard InChI is InChI=1S/C16H17F3N2O3S/c1-9(2)14(22)21-15-20-13-10(8-24-5-4-23-3)6-11(16(17,18)19)7-12(13)25-15/h6-7H,1,4-5,8H2,2-3H3,(H,20,21,22). The summed E-state index contributed by atoms with van der Waals surface area (Å²) in [5.74, 6) is -0.437. The molecule has 1 aromatic carbocycles. The summed E-state index contributed by atoms with van der Waals surface area (Å²) >= 11 is 0.967. The van der Waals surface area contributed by atoms with Gasteiger partial charge in [0.25, 0.3) is 5.91 Å². The Morgan fingerprint density at radius 3 is 2.68 bits per heavy atom. The van der Waals surface area contributed by atoms with Crippen molar-refractivity contribution in [3.8, 4) is 0 Å². The maximum atomic E-state index is 13.1. The zero-order valence-corrected chi connectivity index (χ0v) is 14.5. The number of alkyl halides is 3. The number of carbonyl (C=O) groups is 1. The van der Waals surface area contributed by atoms with E-state index in [2.05, 4.69) is 16.9 Å². The summed E-state index contributed by atoms with van der Waals surface area (Å²) in [5.41, 5.74) is 0.158. The molecule has 0 radical (unpaired) electrons. The van der Waals surface area contributed by atoms with E-state index in [9.17, 15) is 18.0 Å². The van der Waals surface area contributed by atoms with Gasteiger partial charge in [-0.1, -0.05) is 17.9 Å². The molecule has 0 aliphatic heterocycles. The van der Waals surface area contributed by atoms with Gasteiger partial charge >= 0.3 is 6.18 Å². The molecule has 0 spiro atoms. The lowest BCUT2D eigenvalue weighted by Gasteiger charge is -2.10. The van der Waals surface area contributed by atoms with E-state index in [1.54, 1.807) is 0 Å². The van der Waals surface area contributed by atoms with Crippen molar-refractivity contribution in [2.45, 2.75) is 19.7 Å². The number of methoxy groups -OCH3 is 1. The largest absolute Gasteiger partial charge is 0.416 e. The van der Waals surface area contributed by atoms with Crippen molar-refractivity contribution in [2.75, 3.05) is 25.6 Å². The third kappa shape index (κ3) is 5.00. The fraction of sp³-hybridized carbons (Fsp3) is 0.375. The molecule has 1 N–H and O–H groups in total. The Bertz CT molecular complexity index is 787. The molecule has 1 aromatic heterocycles. The summed E-state index contributed by atoms with van der Waals surface area (Å²) in [4.78, 5) is 15.9. The quantitative estimate of drug-likeness (QED) is 0.588. The van der Waals surface area contributed by atoms with E-state index >= 15 is 0 Å². The van der Waals surface area contributed by atoms with Crippen molar-refractivity contribution in [1.29, 1.82) is 0 Å². The van der Waals surface area contributed by atoms with Crippen LogP contribution in [0.25, 0.3) is 10.2 Å². The van der Waals surface area contributed by atoms with Gasteiger partial charge in [0.15, 0.2) is 5.13 Å². The van der Waals surface area contributed by atoms with Gasteiger partial charge in [0, 0.05) is 18.2 Å².